The Labute approximate surface area is 159 Å². The Morgan fingerprint density at radius 3 is 2.00 bits per heavy atom. The van der Waals surface area contributed by atoms with E-state index in [9.17, 15) is 8.42 Å². The maximum Gasteiger partial charge on any atom is 0.180 e. The Morgan fingerprint density at radius 1 is 0.815 bits per heavy atom. The molecule has 1 aliphatic rings. The van der Waals surface area contributed by atoms with Gasteiger partial charge in [-0.25, -0.2) is 8.42 Å². The summed E-state index contributed by atoms with van der Waals surface area (Å²) in [4.78, 5) is 0.353. The second-order valence-electron chi connectivity index (χ2n) is 6.55. The zero-order valence-corrected chi connectivity index (χ0v) is 15.6. The van der Waals surface area contributed by atoms with Gasteiger partial charge in [0.2, 0.25) is 0 Å². The SMILES string of the molecule is O=S(=O)(C[C@H]1CC(c2ccccc2)=NN1c1ccccc1)c1ccccc1. The second-order valence-corrected chi connectivity index (χ2v) is 8.58. The average Bonchev–Trinajstić information content (AvgIpc) is 3.13. The van der Waals surface area contributed by atoms with Crippen molar-refractivity contribution in [2.24, 2.45) is 5.10 Å². The van der Waals surface area contributed by atoms with E-state index in [0.29, 0.717) is 11.3 Å². The van der Waals surface area contributed by atoms with Gasteiger partial charge in [-0.1, -0.05) is 66.7 Å². The molecule has 4 rings (SSSR count). The summed E-state index contributed by atoms with van der Waals surface area (Å²) in [7, 11) is -3.41. The number of sulfone groups is 1. The standard InChI is InChI=1S/C22H20N2O2S/c25-27(26,21-14-8-3-9-15-21)17-20-16-22(18-10-4-1-5-11-18)23-24(20)19-12-6-2-7-13-19/h1-15,20H,16-17H2/t20-/m1/s1. The molecule has 136 valence electrons. The van der Waals surface area contributed by atoms with Crippen molar-refractivity contribution in [1.29, 1.82) is 0 Å². The number of hydrogen-bond acceptors (Lipinski definition) is 4. The maximum atomic E-state index is 12.9. The Kier molecular flexibility index (Phi) is 4.77. The second kappa shape index (κ2) is 7.37. The fourth-order valence-electron chi connectivity index (χ4n) is 3.32. The van der Waals surface area contributed by atoms with E-state index >= 15 is 0 Å². The van der Waals surface area contributed by atoms with Crippen LogP contribution in [0.25, 0.3) is 0 Å². The lowest BCUT2D eigenvalue weighted by Gasteiger charge is -2.23. The van der Waals surface area contributed by atoms with Crippen molar-refractivity contribution in [3.63, 3.8) is 0 Å². The van der Waals surface area contributed by atoms with Crippen LogP contribution in [-0.4, -0.2) is 25.9 Å². The van der Waals surface area contributed by atoms with E-state index in [1.165, 1.54) is 0 Å². The lowest BCUT2D eigenvalue weighted by atomic mass is 10.1. The van der Waals surface area contributed by atoms with Crippen LogP contribution in [0.2, 0.25) is 0 Å². The molecule has 0 saturated carbocycles. The highest BCUT2D eigenvalue weighted by molar-refractivity contribution is 7.91. The lowest BCUT2D eigenvalue weighted by Crippen LogP contribution is -2.33. The summed E-state index contributed by atoms with van der Waals surface area (Å²) in [6.45, 7) is 0. The third kappa shape index (κ3) is 3.78. The zero-order chi connectivity index (χ0) is 18.7. The highest BCUT2D eigenvalue weighted by Gasteiger charge is 2.33. The van der Waals surface area contributed by atoms with Crippen LogP contribution in [-0.2, 0) is 9.84 Å². The van der Waals surface area contributed by atoms with E-state index in [0.717, 1.165) is 17.0 Å². The molecule has 27 heavy (non-hydrogen) atoms. The normalized spacial score (nSPS) is 17.0. The molecule has 0 N–H and O–H groups in total. The molecule has 0 spiro atoms. The van der Waals surface area contributed by atoms with Crippen molar-refractivity contribution in [1.82, 2.24) is 0 Å². The number of para-hydroxylation sites is 1. The third-order valence-corrected chi connectivity index (χ3v) is 6.46. The topological polar surface area (TPSA) is 49.7 Å². The van der Waals surface area contributed by atoms with Crippen molar-refractivity contribution < 1.29 is 8.42 Å². The quantitative estimate of drug-likeness (QED) is 0.672. The number of nitrogens with zero attached hydrogens (tertiary/aromatic N) is 2. The van der Waals surface area contributed by atoms with Gasteiger partial charge in [0.05, 0.1) is 28.1 Å². The maximum absolute atomic E-state index is 12.9. The highest BCUT2D eigenvalue weighted by atomic mass is 32.2. The van der Waals surface area contributed by atoms with Gasteiger partial charge in [0.25, 0.3) is 0 Å². The highest BCUT2D eigenvalue weighted by Crippen LogP contribution is 2.28. The lowest BCUT2D eigenvalue weighted by molar-refractivity contribution is 0.585. The molecule has 0 bridgehead atoms. The van der Waals surface area contributed by atoms with Crippen LogP contribution >= 0.6 is 0 Å². The van der Waals surface area contributed by atoms with Crippen molar-refractivity contribution in [2.45, 2.75) is 17.4 Å². The molecule has 3 aromatic rings. The van der Waals surface area contributed by atoms with Gasteiger partial charge in [-0.2, -0.15) is 5.10 Å². The van der Waals surface area contributed by atoms with Crippen LogP contribution < -0.4 is 5.01 Å². The number of rotatable bonds is 5. The summed E-state index contributed by atoms with van der Waals surface area (Å²) >= 11 is 0. The summed E-state index contributed by atoms with van der Waals surface area (Å²) in [5, 5.41) is 6.62. The molecule has 0 amide bonds. The van der Waals surface area contributed by atoms with Crippen molar-refractivity contribution in [3.8, 4) is 0 Å². The molecule has 0 radical (unpaired) electrons. The number of anilines is 1. The minimum Gasteiger partial charge on any atom is -0.261 e. The van der Waals surface area contributed by atoms with Gasteiger partial charge in [0.1, 0.15) is 0 Å². The molecule has 0 saturated heterocycles. The van der Waals surface area contributed by atoms with Crippen LogP contribution in [0.15, 0.2) is 101 Å². The zero-order valence-electron chi connectivity index (χ0n) is 14.8. The molecule has 1 atom stereocenters. The minimum atomic E-state index is -3.41. The number of hydrazone groups is 1. The average molecular weight is 376 g/mol. The molecule has 0 aromatic heterocycles. The first-order chi connectivity index (χ1) is 13.1. The predicted octanol–water partition coefficient (Wildman–Crippen LogP) is 4.14. The Morgan fingerprint density at radius 2 is 1.37 bits per heavy atom. The van der Waals surface area contributed by atoms with E-state index in [1.54, 1.807) is 24.3 Å². The van der Waals surface area contributed by atoms with Crippen LogP contribution in [0.1, 0.15) is 12.0 Å². The third-order valence-electron chi connectivity index (χ3n) is 4.65. The Balaban J connectivity index is 1.67. The fraction of sp³-hybridized carbons (Fsp3) is 0.136. The van der Waals surface area contributed by atoms with Gasteiger partial charge in [0, 0.05) is 6.42 Å². The van der Waals surface area contributed by atoms with Crippen LogP contribution in [0.4, 0.5) is 5.69 Å². The summed E-state index contributed by atoms with van der Waals surface area (Å²) in [5.74, 6) is 0.0196. The first kappa shape index (κ1) is 17.5. The van der Waals surface area contributed by atoms with Gasteiger partial charge >= 0.3 is 0 Å². The summed E-state index contributed by atoms with van der Waals surface area (Å²) in [6.07, 6.45) is 0.588. The van der Waals surface area contributed by atoms with Gasteiger partial charge in [-0.05, 0) is 29.8 Å². The molecule has 0 unspecified atom stereocenters. The molecule has 5 heteroatoms. The molecular formula is C22H20N2O2S. The van der Waals surface area contributed by atoms with Gasteiger partial charge < -0.3 is 0 Å². The minimum absolute atomic E-state index is 0.0196. The van der Waals surface area contributed by atoms with Crippen LogP contribution in [0.3, 0.4) is 0 Å². The smallest absolute Gasteiger partial charge is 0.180 e. The fourth-order valence-corrected chi connectivity index (χ4v) is 4.85. The number of benzene rings is 3. The van der Waals surface area contributed by atoms with Crippen molar-refractivity contribution in [3.05, 3.63) is 96.6 Å². The van der Waals surface area contributed by atoms with E-state index in [4.69, 9.17) is 5.10 Å². The molecule has 0 fully saturated rings. The molecule has 1 heterocycles. The predicted molar refractivity (Wildman–Crippen MR) is 109 cm³/mol. The van der Waals surface area contributed by atoms with Crippen molar-refractivity contribution in [2.75, 3.05) is 10.8 Å². The van der Waals surface area contributed by atoms with Gasteiger partial charge in [-0.3, -0.25) is 5.01 Å². The van der Waals surface area contributed by atoms with Gasteiger partial charge in [-0.15, -0.1) is 0 Å². The van der Waals surface area contributed by atoms with Crippen LogP contribution in [0, 0.1) is 0 Å². The summed E-state index contributed by atoms with van der Waals surface area (Å²) in [6, 6.07) is 28.0. The molecule has 0 aliphatic carbocycles. The van der Waals surface area contributed by atoms with Gasteiger partial charge in [0.15, 0.2) is 9.84 Å². The molecular weight excluding hydrogens is 356 g/mol. The van der Waals surface area contributed by atoms with E-state index < -0.39 is 9.84 Å². The van der Waals surface area contributed by atoms with E-state index in [2.05, 4.69) is 0 Å². The number of hydrogen-bond donors (Lipinski definition) is 0. The molecule has 3 aromatic carbocycles. The first-order valence-electron chi connectivity index (χ1n) is 8.88. The van der Waals surface area contributed by atoms with Crippen molar-refractivity contribution >= 4 is 21.2 Å². The Bertz CT molecular complexity index is 1030. The summed E-state index contributed by atoms with van der Waals surface area (Å²) in [5.41, 5.74) is 2.84. The van der Waals surface area contributed by atoms with E-state index in [1.807, 2.05) is 71.7 Å². The van der Waals surface area contributed by atoms with E-state index in [-0.39, 0.29) is 11.8 Å². The monoisotopic (exact) mass is 376 g/mol. The largest absolute Gasteiger partial charge is 0.261 e. The molecule has 4 nitrogen and oxygen atoms in total. The Hall–Kier alpha value is -2.92. The summed E-state index contributed by atoms with van der Waals surface area (Å²) < 4.78 is 25.9. The first-order valence-corrected chi connectivity index (χ1v) is 10.5. The molecule has 1 aliphatic heterocycles. The van der Waals surface area contributed by atoms with Crippen LogP contribution in [0.5, 0.6) is 0 Å².